The van der Waals surface area contributed by atoms with E-state index >= 15 is 0 Å². The zero-order valence-electron chi connectivity index (χ0n) is 12.4. The third-order valence-electron chi connectivity index (χ3n) is 4.86. The topological polar surface area (TPSA) is 41.1 Å². The fourth-order valence-electron chi connectivity index (χ4n) is 3.60. The van der Waals surface area contributed by atoms with Gasteiger partial charge in [-0.1, -0.05) is 32.6 Å². The molecular weight excluding hydrogens is 236 g/mol. The Morgan fingerprint density at radius 1 is 1.21 bits per heavy atom. The number of nitrogens with one attached hydrogen (secondary N) is 2. The van der Waals surface area contributed by atoms with Crippen LogP contribution in [0.25, 0.3) is 0 Å². The zero-order chi connectivity index (χ0) is 13.5. The maximum absolute atomic E-state index is 12.0. The normalized spacial score (nSPS) is 26.3. The number of piperidine rings is 1. The Morgan fingerprint density at radius 3 is 2.63 bits per heavy atom. The predicted octanol–water partition coefficient (Wildman–Crippen LogP) is 2.71. The summed E-state index contributed by atoms with van der Waals surface area (Å²) in [6, 6.07) is 0. The van der Waals surface area contributed by atoms with Gasteiger partial charge < -0.3 is 10.6 Å². The van der Waals surface area contributed by atoms with Gasteiger partial charge >= 0.3 is 0 Å². The van der Waals surface area contributed by atoms with E-state index in [-0.39, 0.29) is 11.8 Å². The highest BCUT2D eigenvalue weighted by Gasteiger charge is 2.21. The van der Waals surface area contributed by atoms with Crippen molar-refractivity contribution in [3.8, 4) is 0 Å². The van der Waals surface area contributed by atoms with Crippen LogP contribution in [0.3, 0.4) is 0 Å². The summed E-state index contributed by atoms with van der Waals surface area (Å²) in [5.41, 5.74) is 0. The van der Waals surface area contributed by atoms with E-state index in [1.54, 1.807) is 0 Å². The molecule has 1 aliphatic carbocycles. The van der Waals surface area contributed by atoms with Crippen LogP contribution >= 0.6 is 0 Å². The lowest BCUT2D eigenvalue weighted by atomic mass is 9.93. The molecule has 3 heteroatoms. The predicted molar refractivity (Wildman–Crippen MR) is 79.0 cm³/mol. The molecule has 1 saturated carbocycles. The van der Waals surface area contributed by atoms with Crippen molar-refractivity contribution in [3.05, 3.63) is 0 Å². The Labute approximate surface area is 117 Å². The number of rotatable bonds is 6. The maximum atomic E-state index is 12.0. The highest BCUT2D eigenvalue weighted by molar-refractivity contribution is 5.78. The van der Waals surface area contributed by atoms with Gasteiger partial charge in [0.2, 0.25) is 5.91 Å². The monoisotopic (exact) mass is 266 g/mol. The molecule has 0 aromatic carbocycles. The fourth-order valence-corrected chi connectivity index (χ4v) is 3.60. The van der Waals surface area contributed by atoms with E-state index in [0.29, 0.717) is 0 Å². The van der Waals surface area contributed by atoms with E-state index in [4.69, 9.17) is 0 Å². The molecule has 0 spiro atoms. The molecule has 0 aromatic rings. The SMILES string of the molecule is CC(CC1CCCC1)C(=O)NCCC1CCCNC1. The van der Waals surface area contributed by atoms with Crippen LogP contribution in [0.5, 0.6) is 0 Å². The largest absolute Gasteiger partial charge is 0.356 e. The molecule has 1 aliphatic heterocycles. The van der Waals surface area contributed by atoms with Gasteiger partial charge in [0.1, 0.15) is 0 Å². The summed E-state index contributed by atoms with van der Waals surface area (Å²) in [6.07, 6.45) is 10.3. The number of carbonyl (C=O) groups excluding carboxylic acids is 1. The summed E-state index contributed by atoms with van der Waals surface area (Å²) in [5, 5.41) is 6.57. The number of hydrogen-bond donors (Lipinski definition) is 2. The van der Waals surface area contributed by atoms with Gasteiger partial charge in [-0.2, -0.15) is 0 Å². The third kappa shape index (κ3) is 5.13. The van der Waals surface area contributed by atoms with Gasteiger partial charge in [0.05, 0.1) is 0 Å². The molecule has 2 N–H and O–H groups in total. The summed E-state index contributed by atoms with van der Waals surface area (Å²) in [4.78, 5) is 12.0. The van der Waals surface area contributed by atoms with Crippen LogP contribution in [0.2, 0.25) is 0 Å². The van der Waals surface area contributed by atoms with Gasteiger partial charge in [-0.05, 0) is 50.6 Å². The van der Waals surface area contributed by atoms with Crippen molar-refractivity contribution in [1.29, 1.82) is 0 Å². The van der Waals surface area contributed by atoms with Gasteiger partial charge in [0, 0.05) is 12.5 Å². The minimum atomic E-state index is 0.201. The standard InChI is InChI=1S/C16H30N2O/c1-13(11-14-5-2-3-6-14)16(19)18-10-8-15-7-4-9-17-12-15/h13-15,17H,2-12H2,1H3,(H,18,19). The Balaban J connectivity index is 1.57. The van der Waals surface area contributed by atoms with Gasteiger partial charge in [0.25, 0.3) is 0 Å². The van der Waals surface area contributed by atoms with Crippen molar-refractivity contribution in [2.75, 3.05) is 19.6 Å². The molecule has 2 aliphatic rings. The van der Waals surface area contributed by atoms with E-state index in [1.807, 2.05) is 0 Å². The highest BCUT2D eigenvalue weighted by atomic mass is 16.1. The minimum Gasteiger partial charge on any atom is -0.356 e. The van der Waals surface area contributed by atoms with E-state index in [9.17, 15) is 4.79 Å². The molecule has 0 radical (unpaired) electrons. The smallest absolute Gasteiger partial charge is 0.222 e. The second-order valence-corrected chi connectivity index (χ2v) is 6.58. The van der Waals surface area contributed by atoms with Gasteiger partial charge in [-0.15, -0.1) is 0 Å². The first-order valence-corrected chi connectivity index (χ1v) is 8.24. The van der Waals surface area contributed by atoms with Crippen molar-refractivity contribution in [2.45, 2.75) is 58.3 Å². The van der Waals surface area contributed by atoms with Crippen molar-refractivity contribution >= 4 is 5.91 Å². The van der Waals surface area contributed by atoms with Gasteiger partial charge in [0.15, 0.2) is 0 Å². The molecule has 3 nitrogen and oxygen atoms in total. The van der Waals surface area contributed by atoms with E-state index in [2.05, 4.69) is 17.6 Å². The molecule has 19 heavy (non-hydrogen) atoms. The Hall–Kier alpha value is -0.570. The fraction of sp³-hybridized carbons (Fsp3) is 0.938. The van der Waals surface area contributed by atoms with Crippen LogP contribution in [0.15, 0.2) is 0 Å². The maximum Gasteiger partial charge on any atom is 0.222 e. The lowest BCUT2D eigenvalue weighted by Gasteiger charge is -2.23. The molecule has 1 saturated heterocycles. The third-order valence-corrected chi connectivity index (χ3v) is 4.86. The van der Waals surface area contributed by atoms with Gasteiger partial charge in [-0.3, -0.25) is 4.79 Å². The van der Waals surface area contributed by atoms with Crippen LogP contribution in [0.1, 0.15) is 58.3 Å². The first-order chi connectivity index (χ1) is 9.25. The highest BCUT2D eigenvalue weighted by Crippen LogP contribution is 2.30. The quantitative estimate of drug-likeness (QED) is 0.776. The van der Waals surface area contributed by atoms with E-state index in [0.717, 1.165) is 37.8 Å². The lowest BCUT2D eigenvalue weighted by molar-refractivity contribution is -0.125. The van der Waals surface area contributed by atoms with E-state index < -0.39 is 0 Å². The minimum absolute atomic E-state index is 0.201. The van der Waals surface area contributed by atoms with E-state index in [1.165, 1.54) is 45.1 Å². The number of hydrogen-bond acceptors (Lipinski definition) is 2. The van der Waals surface area contributed by atoms with Crippen LogP contribution in [-0.2, 0) is 4.79 Å². The number of carbonyl (C=O) groups is 1. The molecule has 2 rings (SSSR count). The Bertz CT molecular complexity index is 268. The van der Waals surface area contributed by atoms with Crippen molar-refractivity contribution < 1.29 is 4.79 Å². The summed E-state index contributed by atoms with van der Waals surface area (Å²) < 4.78 is 0. The second kappa shape index (κ2) is 7.88. The van der Waals surface area contributed by atoms with Gasteiger partial charge in [-0.25, -0.2) is 0 Å². The molecule has 2 unspecified atom stereocenters. The summed E-state index contributed by atoms with van der Waals surface area (Å²) in [7, 11) is 0. The average Bonchev–Trinajstić information content (AvgIpc) is 2.92. The average molecular weight is 266 g/mol. The van der Waals surface area contributed by atoms with Crippen LogP contribution < -0.4 is 10.6 Å². The Kier molecular flexibility index (Phi) is 6.15. The molecule has 110 valence electrons. The molecule has 1 heterocycles. The van der Waals surface area contributed by atoms with Crippen LogP contribution in [-0.4, -0.2) is 25.5 Å². The number of amides is 1. The first kappa shape index (κ1) is 14.8. The van der Waals surface area contributed by atoms with Crippen molar-refractivity contribution in [1.82, 2.24) is 10.6 Å². The van der Waals surface area contributed by atoms with Crippen LogP contribution in [0.4, 0.5) is 0 Å². The molecule has 0 aromatic heterocycles. The van der Waals surface area contributed by atoms with Crippen molar-refractivity contribution in [2.24, 2.45) is 17.8 Å². The van der Waals surface area contributed by atoms with Crippen LogP contribution in [0, 0.1) is 17.8 Å². The zero-order valence-corrected chi connectivity index (χ0v) is 12.4. The summed E-state index contributed by atoms with van der Waals surface area (Å²) >= 11 is 0. The molecule has 2 atom stereocenters. The first-order valence-electron chi connectivity index (χ1n) is 8.24. The second-order valence-electron chi connectivity index (χ2n) is 6.58. The van der Waals surface area contributed by atoms with Crippen molar-refractivity contribution in [3.63, 3.8) is 0 Å². The summed E-state index contributed by atoms with van der Waals surface area (Å²) in [5.74, 6) is 2.05. The molecular formula is C16H30N2O. The molecule has 2 fully saturated rings. The molecule has 1 amide bonds. The Morgan fingerprint density at radius 2 is 1.95 bits per heavy atom. The molecule has 0 bridgehead atoms. The lowest BCUT2D eigenvalue weighted by Crippen LogP contribution is -2.35. The summed E-state index contributed by atoms with van der Waals surface area (Å²) in [6.45, 7) is 5.25.